The summed E-state index contributed by atoms with van der Waals surface area (Å²) in [6.07, 6.45) is 11.1. The number of nitrogens with zero attached hydrogens (tertiary/aromatic N) is 5. The number of aliphatic imine (C=N–C) groups is 1. The Hall–Kier alpha value is -3.76. The molecule has 2 bridgehead atoms. The van der Waals surface area contributed by atoms with E-state index in [0.717, 1.165) is 71.3 Å². The van der Waals surface area contributed by atoms with Gasteiger partial charge in [0.05, 0.1) is 5.71 Å². The number of H-pyrrole nitrogens is 2. The molecule has 1 amide bonds. The summed E-state index contributed by atoms with van der Waals surface area (Å²) in [4.78, 5) is 34.9. The molecule has 35 heavy (non-hydrogen) atoms. The molecule has 7 rings (SSSR count). The number of aliphatic hydroxyl groups excluding tert-OH is 1. The van der Waals surface area contributed by atoms with E-state index < -0.39 is 6.61 Å². The van der Waals surface area contributed by atoms with Crippen LogP contribution in [0.5, 0.6) is 0 Å². The summed E-state index contributed by atoms with van der Waals surface area (Å²) in [6.45, 7) is 0.241. The molecule has 10 heteroatoms. The highest BCUT2D eigenvalue weighted by Crippen LogP contribution is 2.44. The van der Waals surface area contributed by atoms with Crippen LogP contribution in [0, 0.1) is 5.92 Å². The van der Waals surface area contributed by atoms with Gasteiger partial charge in [-0.05, 0) is 37.8 Å². The van der Waals surface area contributed by atoms with E-state index in [1.165, 1.54) is 0 Å². The molecule has 2 fully saturated rings. The van der Waals surface area contributed by atoms with Crippen LogP contribution < -0.4 is 10.4 Å². The molecule has 3 aromatic heterocycles. The summed E-state index contributed by atoms with van der Waals surface area (Å²) in [5, 5.41) is 11.5. The average Bonchev–Trinajstić information content (AvgIpc) is 3.68. The highest BCUT2D eigenvalue weighted by molar-refractivity contribution is 6.09. The van der Waals surface area contributed by atoms with Gasteiger partial charge < -0.3 is 20.0 Å². The zero-order valence-electron chi connectivity index (χ0n) is 19.1. The van der Waals surface area contributed by atoms with Gasteiger partial charge in [0.1, 0.15) is 18.1 Å². The third-order valence-corrected chi connectivity index (χ3v) is 7.74. The largest absolute Gasteiger partial charge is 0.387 e. The maximum atomic E-state index is 12.3. The number of carbonyl (C=O) groups is 1. The van der Waals surface area contributed by atoms with Crippen LogP contribution in [-0.4, -0.2) is 66.8 Å². The van der Waals surface area contributed by atoms with E-state index in [-0.39, 0.29) is 23.9 Å². The lowest BCUT2D eigenvalue weighted by Gasteiger charge is -2.40. The minimum Gasteiger partial charge on any atom is -0.387 e. The summed E-state index contributed by atoms with van der Waals surface area (Å²) in [5.74, 6) is 2.76. The minimum absolute atomic E-state index is 0.148. The van der Waals surface area contributed by atoms with Crippen LogP contribution in [-0.2, 0) is 4.79 Å². The number of amides is 1. The number of hydrogen-bond donors (Lipinski definition) is 4. The zero-order chi connectivity index (χ0) is 23.5. The molecule has 0 saturated carbocycles. The second-order valence-electron chi connectivity index (χ2n) is 9.59. The van der Waals surface area contributed by atoms with Gasteiger partial charge in [0, 0.05) is 66.0 Å². The molecule has 3 aromatic rings. The van der Waals surface area contributed by atoms with Gasteiger partial charge in [-0.2, -0.15) is 0 Å². The number of hydrogen-bond acceptors (Lipinski definition) is 7. The zero-order valence-corrected chi connectivity index (χ0v) is 19.1. The number of hydrazine groups is 1. The fraction of sp³-hybridized carbons (Fsp3) is 0.360. The van der Waals surface area contributed by atoms with Gasteiger partial charge in [0.2, 0.25) is 5.91 Å². The van der Waals surface area contributed by atoms with Crippen molar-refractivity contribution < 1.29 is 9.90 Å². The Labute approximate surface area is 201 Å². The third-order valence-electron chi connectivity index (χ3n) is 7.74. The number of aromatic amines is 2. The van der Waals surface area contributed by atoms with E-state index in [1.54, 1.807) is 12.4 Å². The van der Waals surface area contributed by atoms with Crippen LogP contribution in [0.4, 0.5) is 5.82 Å². The molecule has 10 nitrogen and oxygen atoms in total. The van der Waals surface area contributed by atoms with Crippen molar-refractivity contribution in [2.75, 3.05) is 18.2 Å². The average molecular weight is 471 g/mol. The topological polar surface area (TPSA) is 126 Å². The second kappa shape index (κ2) is 7.89. The predicted octanol–water partition coefficient (Wildman–Crippen LogP) is 2.06. The number of imidazole rings is 1. The van der Waals surface area contributed by atoms with Crippen LogP contribution in [0.25, 0.3) is 17.1 Å². The molecular formula is C25H26N8O2. The highest BCUT2D eigenvalue weighted by Gasteiger charge is 2.46. The van der Waals surface area contributed by atoms with Crippen molar-refractivity contribution in [1.29, 1.82) is 0 Å². The van der Waals surface area contributed by atoms with Crippen LogP contribution >= 0.6 is 0 Å². The van der Waals surface area contributed by atoms with Crippen LogP contribution in [0.15, 0.2) is 53.8 Å². The molecule has 0 aliphatic carbocycles. The quantitative estimate of drug-likeness (QED) is 0.463. The second-order valence-corrected chi connectivity index (χ2v) is 9.59. The Bertz CT molecular complexity index is 1330. The number of anilines is 1. The van der Waals surface area contributed by atoms with Crippen molar-refractivity contribution in [3.63, 3.8) is 0 Å². The molecule has 2 atom stereocenters. The Morgan fingerprint density at radius 1 is 1.09 bits per heavy atom. The van der Waals surface area contributed by atoms with Gasteiger partial charge in [0.15, 0.2) is 11.6 Å². The Balaban J connectivity index is 1.25. The fourth-order valence-electron chi connectivity index (χ4n) is 6.23. The molecule has 4 aliphatic rings. The standard InChI is InChI=1S/C25H26N8O2/c34-13-21(35)32-16-2-3-17(32)10-15(9-16)22-18-5-6-28-24(18)33-25(31-22)19(12-30-33)14-1-4-20(29-11-14)23-26-7-8-27-23/h1,4-8,11,15-17,28,30,34H,2-3,9-10,12-13H2,(H,26,27). The van der Waals surface area contributed by atoms with Crippen molar-refractivity contribution >= 4 is 23.0 Å². The first-order valence-corrected chi connectivity index (χ1v) is 12.1. The summed E-state index contributed by atoms with van der Waals surface area (Å²) in [5.41, 5.74) is 8.58. The number of piperidine rings is 1. The van der Waals surface area contributed by atoms with Crippen LogP contribution in [0.2, 0.25) is 0 Å². The number of carbonyl (C=O) groups excluding carboxylic acids is 1. The number of pyridine rings is 1. The summed E-state index contributed by atoms with van der Waals surface area (Å²) in [7, 11) is 0. The molecular weight excluding hydrogens is 444 g/mol. The fourth-order valence-corrected chi connectivity index (χ4v) is 6.23. The molecule has 0 aromatic carbocycles. The monoisotopic (exact) mass is 470 g/mol. The molecule has 4 aliphatic heterocycles. The van der Waals surface area contributed by atoms with Crippen molar-refractivity contribution in [3.05, 3.63) is 59.9 Å². The lowest BCUT2D eigenvalue weighted by molar-refractivity contribution is -0.138. The Kier molecular flexibility index (Phi) is 4.64. The van der Waals surface area contributed by atoms with Gasteiger partial charge in [-0.15, -0.1) is 0 Å². The van der Waals surface area contributed by atoms with Gasteiger partial charge in [0.25, 0.3) is 0 Å². The lowest BCUT2D eigenvalue weighted by Crippen LogP contribution is -2.49. The maximum absolute atomic E-state index is 12.3. The number of aliphatic hydroxyl groups is 1. The number of rotatable bonds is 4. The van der Waals surface area contributed by atoms with Crippen LogP contribution in [0.3, 0.4) is 0 Å². The molecule has 2 unspecified atom stereocenters. The van der Waals surface area contributed by atoms with E-state index in [0.29, 0.717) is 6.54 Å². The van der Waals surface area contributed by atoms with Gasteiger partial charge in [-0.1, -0.05) is 6.07 Å². The lowest BCUT2D eigenvalue weighted by atomic mass is 9.84. The summed E-state index contributed by atoms with van der Waals surface area (Å²) in [6, 6.07) is 6.49. The van der Waals surface area contributed by atoms with E-state index >= 15 is 0 Å². The number of fused-ring (bicyclic) bond motifs is 5. The predicted molar refractivity (Wildman–Crippen MR) is 130 cm³/mol. The molecule has 4 N–H and O–H groups in total. The summed E-state index contributed by atoms with van der Waals surface area (Å²) < 4.78 is 0. The maximum Gasteiger partial charge on any atom is 0.248 e. The van der Waals surface area contributed by atoms with Gasteiger partial charge in [-0.3, -0.25) is 9.78 Å². The van der Waals surface area contributed by atoms with Gasteiger partial charge in [-0.25, -0.2) is 20.4 Å². The summed E-state index contributed by atoms with van der Waals surface area (Å²) >= 11 is 0. The smallest absolute Gasteiger partial charge is 0.248 e. The Morgan fingerprint density at radius 2 is 1.94 bits per heavy atom. The number of aromatic nitrogens is 4. The Morgan fingerprint density at radius 3 is 2.66 bits per heavy atom. The minimum atomic E-state index is -0.413. The number of nitrogens with one attached hydrogen (secondary N) is 3. The molecule has 0 radical (unpaired) electrons. The van der Waals surface area contributed by atoms with Crippen molar-refractivity contribution in [2.24, 2.45) is 10.9 Å². The molecule has 2 saturated heterocycles. The van der Waals surface area contributed by atoms with Crippen molar-refractivity contribution in [1.82, 2.24) is 30.3 Å². The first-order valence-electron chi connectivity index (χ1n) is 12.1. The van der Waals surface area contributed by atoms with E-state index in [9.17, 15) is 9.90 Å². The van der Waals surface area contributed by atoms with E-state index in [1.807, 2.05) is 28.4 Å². The normalized spacial score (nSPS) is 25.1. The first kappa shape index (κ1) is 20.6. The SMILES string of the molecule is O=C(CO)N1C2CCC1CC(C1=NC3=C(c4ccc(-c5ncc[nH]5)nc4)CNN3c3[nH]ccc31)C2. The van der Waals surface area contributed by atoms with Crippen LogP contribution in [0.1, 0.15) is 36.8 Å². The highest BCUT2D eigenvalue weighted by atomic mass is 16.3. The first-order chi connectivity index (χ1) is 17.2. The third kappa shape index (κ3) is 3.17. The van der Waals surface area contributed by atoms with Crippen molar-refractivity contribution in [2.45, 2.75) is 37.8 Å². The molecule has 0 spiro atoms. The van der Waals surface area contributed by atoms with Gasteiger partial charge >= 0.3 is 0 Å². The van der Waals surface area contributed by atoms with E-state index in [4.69, 9.17) is 4.99 Å². The molecule has 7 heterocycles. The molecule has 178 valence electrons. The van der Waals surface area contributed by atoms with Crippen molar-refractivity contribution in [3.8, 4) is 11.5 Å². The van der Waals surface area contributed by atoms with E-state index in [2.05, 4.69) is 37.5 Å².